The van der Waals surface area contributed by atoms with Crippen LogP contribution in [-0.4, -0.2) is 31.0 Å². The topological polar surface area (TPSA) is 89.5 Å². The molecule has 7 heteroatoms. The van der Waals surface area contributed by atoms with Gasteiger partial charge in [0, 0.05) is 12.3 Å². The number of amides is 2. The summed E-state index contributed by atoms with van der Waals surface area (Å²) >= 11 is 0. The van der Waals surface area contributed by atoms with Crippen LogP contribution in [0.2, 0.25) is 0 Å². The lowest BCUT2D eigenvalue weighted by Gasteiger charge is -2.26. The highest BCUT2D eigenvalue weighted by molar-refractivity contribution is 5.98. The Kier molecular flexibility index (Phi) is 5.70. The largest absolute Gasteiger partial charge is 0.497 e. The Morgan fingerprint density at radius 3 is 2.47 bits per heavy atom. The van der Waals surface area contributed by atoms with Crippen LogP contribution in [0.15, 0.2) is 54.7 Å². The minimum atomic E-state index is -0.421. The molecule has 0 spiro atoms. The maximum Gasteiger partial charge on any atom is 0.229 e. The summed E-state index contributed by atoms with van der Waals surface area (Å²) in [6, 6.07) is 10.8. The van der Waals surface area contributed by atoms with Crippen molar-refractivity contribution in [3.63, 3.8) is 0 Å². The maximum absolute atomic E-state index is 13.2. The first kappa shape index (κ1) is 19.9. The molecular weight excluding hydrogens is 382 g/mol. The summed E-state index contributed by atoms with van der Waals surface area (Å²) < 4.78 is 10.6. The van der Waals surface area contributed by atoms with E-state index in [2.05, 4.69) is 27.8 Å². The number of hydrogen-bond donors (Lipinski definition) is 2. The Labute approximate surface area is 175 Å². The molecule has 1 saturated carbocycles. The predicted molar refractivity (Wildman–Crippen MR) is 112 cm³/mol. The lowest BCUT2D eigenvalue weighted by molar-refractivity contribution is -0.133. The molecule has 2 aliphatic rings. The van der Waals surface area contributed by atoms with Crippen molar-refractivity contribution in [1.29, 1.82) is 0 Å². The third kappa shape index (κ3) is 3.87. The van der Waals surface area contributed by atoms with E-state index in [1.54, 1.807) is 38.6 Å². The van der Waals surface area contributed by atoms with Gasteiger partial charge in [-0.25, -0.2) is 0 Å². The second-order valence-corrected chi connectivity index (χ2v) is 7.59. The van der Waals surface area contributed by atoms with Gasteiger partial charge in [-0.05, 0) is 42.5 Å². The normalized spacial score (nSPS) is 23.8. The lowest BCUT2D eigenvalue weighted by Crippen LogP contribution is -2.41. The first-order chi connectivity index (χ1) is 14.6. The van der Waals surface area contributed by atoms with E-state index in [4.69, 9.17) is 9.47 Å². The molecule has 0 saturated heterocycles. The number of benzene rings is 1. The first-order valence-electron chi connectivity index (χ1n) is 9.99. The van der Waals surface area contributed by atoms with Crippen LogP contribution in [0, 0.1) is 23.7 Å². The first-order valence-corrected chi connectivity index (χ1v) is 9.99. The molecule has 156 valence electrons. The highest BCUT2D eigenvalue weighted by atomic mass is 16.5. The number of anilines is 1. The van der Waals surface area contributed by atoms with Crippen molar-refractivity contribution in [1.82, 2.24) is 10.3 Å². The Balaban J connectivity index is 1.48. The number of aromatic nitrogens is 1. The molecule has 2 N–H and O–H groups in total. The smallest absolute Gasteiger partial charge is 0.229 e. The predicted octanol–water partition coefficient (Wildman–Crippen LogP) is 2.79. The molecule has 0 radical (unpaired) electrons. The molecule has 2 aliphatic carbocycles. The zero-order valence-corrected chi connectivity index (χ0v) is 17.0. The molecule has 0 aliphatic heterocycles. The van der Waals surface area contributed by atoms with Crippen LogP contribution in [0.5, 0.6) is 11.5 Å². The fourth-order valence-corrected chi connectivity index (χ4v) is 4.45. The third-order valence-electron chi connectivity index (χ3n) is 5.90. The van der Waals surface area contributed by atoms with Gasteiger partial charge in [0.2, 0.25) is 11.8 Å². The molecule has 4 rings (SSSR count). The summed E-state index contributed by atoms with van der Waals surface area (Å²) in [6.45, 7) is 0.345. The Morgan fingerprint density at radius 1 is 1.03 bits per heavy atom. The summed E-state index contributed by atoms with van der Waals surface area (Å²) in [5, 5.41) is 5.91. The summed E-state index contributed by atoms with van der Waals surface area (Å²) in [5.41, 5.74) is 1.34. The van der Waals surface area contributed by atoms with Crippen molar-refractivity contribution in [2.45, 2.75) is 13.0 Å². The molecule has 0 unspecified atom stereocenters. The molecule has 2 amide bonds. The monoisotopic (exact) mass is 407 g/mol. The molecule has 1 fully saturated rings. The van der Waals surface area contributed by atoms with Crippen molar-refractivity contribution in [2.75, 3.05) is 19.5 Å². The molecule has 1 heterocycles. The molecule has 2 aromatic rings. The number of allylic oxidation sites excluding steroid dienone is 2. The van der Waals surface area contributed by atoms with Gasteiger partial charge in [0.15, 0.2) is 0 Å². The Bertz CT molecular complexity index is 960. The Morgan fingerprint density at radius 2 is 1.80 bits per heavy atom. The molecule has 4 atom stereocenters. The van der Waals surface area contributed by atoms with Gasteiger partial charge in [0.05, 0.1) is 44.0 Å². The molecular formula is C23H25N3O4. The number of nitrogens with one attached hydrogen (secondary N) is 2. The maximum atomic E-state index is 13.2. The Hall–Kier alpha value is -3.35. The second kappa shape index (κ2) is 8.57. The average molecular weight is 407 g/mol. The number of hydrogen-bond acceptors (Lipinski definition) is 5. The highest BCUT2D eigenvalue weighted by Crippen LogP contribution is 2.48. The fourth-order valence-electron chi connectivity index (χ4n) is 4.45. The van der Waals surface area contributed by atoms with Crippen LogP contribution in [0.4, 0.5) is 5.69 Å². The number of methoxy groups -OCH3 is 2. The SMILES string of the molecule is COc1ccc(NC(=O)[C@H]2[C@H](C(=O)NCc3ccccn3)[C@@H]3C=C[C@@H]2C3)c(OC)c1. The van der Waals surface area contributed by atoms with Crippen LogP contribution in [0.3, 0.4) is 0 Å². The average Bonchev–Trinajstić information content (AvgIpc) is 3.40. The number of rotatable bonds is 7. The van der Waals surface area contributed by atoms with Crippen LogP contribution in [0.25, 0.3) is 0 Å². The molecule has 2 bridgehead atoms. The van der Waals surface area contributed by atoms with E-state index in [1.807, 2.05) is 18.2 Å². The third-order valence-corrected chi connectivity index (χ3v) is 5.90. The number of carbonyl (C=O) groups is 2. The van der Waals surface area contributed by atoms with Crippen LogP contribution in [0.1, 0.15) is 12.1 Å². The van der Waals surface area contributed by atoms with Gasteiger partial charge in [0.1, 0.15) is 11.5 Å². The van der Waals surface area contributed by atoms with Crippen molar-refractivity contribution in [2.24, 2.45) is 23.7 Å². The van der Waals surface area contributed by atoms with Gasteiger partial charge >= 0.3 is 0 Å². The van der Waals surface area contributed by atoms with E-state index in [9.17, 15) is 9.59 Å². The van der Waals surface area contributed by atoms with Crippen molar-refractivity contribution < 1.29 is 19.1 Å². The van der Waals surface area contributed by atoms with Gasteiger partial charge in [-0.1, -0.05) is 18.2 Å². The fraction of sp³-hybridized carbons (Fsp3) is 0.348. The molecule has 1 aromatic carbocycles. The summed E-state index contributed by atoms with van der Waals surface area (Å²) in [7, 11) is 3.11. The van der Waals surface area contributed by atoms with Gasteiger partial charge < -0.3 is 20.1 Å². The minimum absolute atomic E-state index is 0.0600. The zero-order valence-electron chi connectivity index (χ0n) is 17.0. The van der Waals surface area contributed by atoms with Crippen LogP contribution < -0.4 is 20.1 Å². The van der Waals surface area contributed by atoms with Gasteiger partial charge in [-0.3, -0.25) is 14.6 Å². The quantitative estimate of drug-likeness (QED) is 0.689. The second-order valence-electron chi connectivity index (χ2n) is 7.59. The standard InChI is InChI=1S/C23H25N3O4/c1-29-17-8-9-18(19(12-17)30-2)26-23(28)21-15-7-6-14(11-15)20(21)22(27)25-13-16-5-3-4-10-24-16/h3-10,12,14-15,20-21H,11,13H2,1-2H3,(H,25,27)(H,26,28)/t14-,15-,20-,21-/m1/s1. The highest BCUT2D eigenvalue weighted by Gasteiger charge is 2.51. The van der Waals surface area contributed by atoms with E-state index in [0.29, 0.717) is 23.7 Å². The number of ether oxygens (including phenoxy) is 2. The van der Waals surface area contributed by atoms with Gasteiger partial charge in [-0.2, -0.15) is 0 Å². The van der Waals surface area contributed by atoms with E-state index >= 15 is 0 Å². The minimum Gasteiger partial charge on any atom is -0.497 e. The zero-order chi connectivity index (χ0) is 21.1. The number of pyridine rings is 1. The van der Waals surface area contributed by atoms with E-state index < -0.39 is 11.8 Å². The summed E-state index contributed by atoms with van der Waals surface area (Å²) in [6.07, 6.45) is 6.63. The number of fused-ring (bicyclic) bond motifs is 2. The van der Waals surface area contributed by atoms with Crippen molar-refractivity contribution >= 4 is 17.5 Å². The van der Waals surface area contributed by atoms with E-state index in [1.165, 1.54) is 0 Å². The van der Waals surface area contributed by atoms with Crippen LogP contribution in [-0.2, 0) is 16.1 Å². The van der Waals surface area contributed by atoms with Gasteiger partial charge in [0.25, 0.3) is 0 Å². The number of carbonyl (C=O) groups excluding carboxylic acids is 2. The number of nitrogens with zero attached hydrogens (tertiary/aromatic N) is 1. The summed E-state index contributed by atoms with van der Waals surface area (Å²) in [4.78, 5) is 30.4. The van der Waals surface area contributed by atoms with Crippen LogP contribution >= 0.6 is 0 Å². The molecule has 7 nitrogen and oxygen atoms in total. The van der Waals surface area contributed by atoms with E-state index in [-0.39, 0.29) is 23.7 Å². The molecule has 1 aromatic heterocycles. The lowest BCUT2D eigenvalue weighted by atomic mass is 9.81. The molecule has 30 heavy (non-hydrogen) atoms. The summed E-state index contributed by atoms with van der Waals surface area (Å²) in [5.74, 6) is 0.185. The van der Waals surface area contributed by atoms with Crippen molar-refractivity contribution in [3.8, 4) is 11.5 Å². The van der Waals surface area contributed by atoms with E-state index in [0.717, 1.165) is 12.1 Å². The van der Waals surface area contributed by atoms with Crippen molar-refractivity contribution in [3.05, 3.63) is 60.4 Å². The van der Waals surface area contributed by atoms with Gasteiger partial charge in [-0.15, -0.1) is 0 Å².